The number of para-hydroxylation sites is 3. The maximum absolute atomic E-state index is 13.2. The molecule has 3 aromatic rings. The van der Waals surface area contributed by atoms with Crippen LogP contribution in [0.1, 0.15) is 62.8 Å². The van der Waals surface area contributed by atoms with E-state index >= 15 is 0 Å². The fourth-order valence-corrected chi connectivity index (χ4v) is 5.35. The highest BCUT2D eigenvalue weighted by molar-refractivity contribution is 5.90. The number of likely N-dealkylation sites (tertiary alicyclic amines) is 1. The SMILES string of the molecule is COCCCn1c([C@@H]2CCCN(C(=O)C[C@H](N)CNC(=O)Nc3ccccc3C(C)C)C2)nc2ccccc21. The van der Waals surface area contributed by atoms with E-state index in [0.29, 0.717) is 19.7 Å². The van der Waals surface area contributed by atoms with Crippen LogP contribution in [0.25, 0.3) is 11.0 Å². The zero-order valence-electron chi connectivity index (χ0n) is 23.4. The van der Waals surface area contributed by atoms with Gasteiger partial charge in [0, 0.05) is 64.0 Å². The van der Waals surface area contributed by atoms with E-state index in [1.165, 1.54) is 0 Å². The molecule has 3 amide bonds. The molecule has 4 rings (SSSR count). The molecule has 0 spiro atoms. The van der Waals surface area contributed by atoms with Gasteiger partial charge in [0.15, 0.2) is 0 Å². The number of carbonyl (C=O) groups is 2. The molecule has 0 saturated carbocycles. The van der Waals surface area contributed by atoms with Gasteiger partial charge in [0.1, 0.15) is 5.82 Å². The summed E-state index contributed by atoms with van der Waals surface area (Å²) in [6.07, 6.45) is 2.99. The van der Waals surface area contributed by atoms with E-state index in [2.05, 4.69) is 35.1 Å². The smallest absolute Gasteiger partial charge is 0.319 e. The van der Waals surface area contributed by atoms with Crippen molar-refractivity contribution in [2.45, 2.75) is 64.0 Å². The number of hydrogen-bond acceptors (Lipinski definition) is 5. The Balaban J connectivity index is 1.32. The quantitative estimate of drug-likeness (QED) is 0.315. The number of nitrogens with two attached hydrogens (primary N) is 1. The number of anilines is 1. The molecule has 4 N–H and O–H groups in total. The first kappa shape index (κ1) is 28.6. The number of nitrogens with one attached hydrogen (secondary N) is 2. The van der Waals surface area contributed by atoms with Gasteiger partial charge in [-0.25, -0.2) is 9.78 Å². The van der Waals surface area contributed by atoms with Crippen LogP contribution < -0.4 is 16.4 Å². The fourth-order valence-electron chi connectivity index (χ4n) is 5.35. The Kier molecular flexibility index (Phi) is 9.95. The summed E-state index contributed by atoms with van der Waals surface area (Å²) in [6.45, 7) is 7.24. The van der Waals surface area contributed by atoms with Gasteiger partial charge in [-0.05, 0) is 48.9 Å². The largest absolute Gasteiger partial charge is 0.385 e. The van der Waals surface area contributed by atoms with Crippen molar-refractivity contribution in [3.63, 3.8) is 0 Å². The summed E-state index contributed by atoms with van der Waals surface area (Å²) in [5, 5.41) is 5.72. The van der Waals surface area contributed by atoms with Crippen molar-refractivity contribution in [1.82, 2.24) is 19.8 Å². The van der Waals surface area contributed by atoms with E-state index in [-0.39, 0.29) is 36.7 Å². The molecule has 0 aliphatic carbocycles. The fraction of sp³-hybridized carbons (Fsp3) is 0.500. The number of carbonyl (C=O) groups excluding carboxylic acids is 2. The lowest BCUT2D eigenvalue weighted by molar-refractivity contribution is -0.132. The normalized spacial score (nSPS) is 16.4. The van der Waals surface area contributed by atoms with Crippen molar-refractivity contribution >= 4 is 28.7 Å². The van der Waals surface area contributed by atoms with Gasteiger partial charge < -0.3 is 30.6 Å². The van der Waals surface area contributed by atoms with Gasteiger partial charge in [0.25, 0.3) is 0 Å². The van der Waals surface area contributed by atoms with Gasteiger partial charge in [0.2, 0.25) is 5.91 Å². The molecule has 2 aromatic carbocycles. The molecular weight excluding hydrogens is 492 g/mol. The van der Waals surface area contributed by atoms with E-state index in [9.17, 15) is 9.59 Å². The second-order valence-electron chi connectivity index (χ2n) is 10.7. The predicted octanol–water partition coefficient (Wildman–Crippen LogP) is 4.44. The molecule has 39 heavy (non-hydrogen) atoms. The molecule has 1 saturated heterocycles. The molecule has 2 heterocycles. The lowest BCUT2D eigenvalue weighted by Gasteiger charge is -2.33. The van der Waals surface area contributed by atoms with Crippen LogP contribution in [0.2, 0.25) is 0 Å². The molecule has 2 atom stereocenters. The van der Waals surface area contributed by atoms with Crippen molar-refractivity contribution in [2.24, 2.45) is 5.73 Å². The van der Waals surface area contributed by atoms with E-state index < -0.39 is 6.04 Å². The number of methoxy groups -OCH3 is 1. The lowest BCUT2D eigenvalue weighted by Crippen LogP contribution is -2.45. The van der Waals surface area contributed by atoms with Gasteiger partial charge in [-0.2, -0.15) is 0 Å². The summed E-state index contributed by atoms with van der Waals surface area (Å²) in [4.78, 5) is 32.6. The van der Waals surface area contributed by atoms with Crippen LogP contribution in [0, 0.1) is 0 Å². The van der Waals surface area contributed by atoms with Crippen molar-refractivity contribution in [3.8, 4) is 0 Å². The molecule has 1 aliphatic heterocycles. The van der Waals surface area contributed by atoms with Crippen LogP contribution >= 0.6 is 0 Å². The predicted molar refractivity (Wildman–Crippen MR) is 155 cm³/mol. The van der Waals surface area contributed by atoms with Crippen molar-refractivity contribution < 1.29 is 14.3 Å². The number of fused-ring (bicyclic) bond motifs is 1. The second kappa shape index (κ2) is 13.6. The third-order valence-corrected chi connectivity index (χ3v) is 7.35. The van der Waals surface area contributed by atoms with Crippen molar-refractivity contribution in [2.75, 3.05) is 38.7 Å². The molecule has 9 heteroatoms. The summed E-state index contributed by atoms with van der Waals surface area (Å²) < 4.78 is 7.56. The molecule has 9 nitrogen and oxygen atoms in total. The maximum atomic E-state index is 13.2. The highest BCUT2D eigenvalue weighted by atomic mass is 16.5. The number of amides is 3. The Morgan fingerprint density at radius 1 is 1.15 bits per heavy atom. The monoisotopic (exact) mass is 534 g/mol. The van der Waals surface area contributed by atoms with Crippen LogP contribution in [-0.4, -0.2) is 65.8 Å². The zero-order chi connectivity index (χ0) is 27.8. The van der Waals surface area contributed by atoms with E-state index in [0.717, 1.165) is 53.9 Å². The van der Waals surface area contributed by atoms with Gasteiger partial charge in [-0.1, -0.05) is 44.2 Å². The summed E-state index contributed by atoms with van der Waals surface area (Å²) in [6, 6.07) is 15.1. The van der Waals surface area contributed by atoms with Gasteiger partial charge >= 0.3 is 6.03 Å². The van der Waals surface area contributed by atoms with Crippen LogP contribution in [0.4, 0.5) is 10.5 Å². The Morgan fingerprint density at radius 2 is 1.92 bits per heavy atom. The molecule has 210 valence electrons. The lowest BCUT2D eigenvalue weighted by atomic mass is 9.96. The highest BCUT2D eigenvalue weighted by Gasteiger charge is 2.29. The summed E-state index contributed by atoms with van der Waals surface area (Å²) >= 11 is 0. The number of ether oxygens (including phenoxy) is 1. The minimum Gasteiger partial charge on any atom is -0.385 e. The summed E-state index contributed by atoms with van der Waals surface area (Å²) in [5.41, 5.74) is 10.2. The third-order valence-electron chi connectivity index (χ3n) is 7.35. The Bertz CT molecular complexity index is 1260. The first-order chi connectivity index (χ1) is 18.9. The molecular formula is C30H42N6O3. The Morgan fingerprint density at radius 3 is 2.72 bits per heavy atom. The molecule has 0 unspecified atom stereocenters. The van der Waals surface area contributed by atoms with Crippen LogP contribution in [0.5, 0.6) is 0 Å². The van der Waals surface area contributed by atoms with Gasteiger partial charge in [-0.3, -0.25) is 4.79 Å². The second-order valence-corrected chi connectivity index (χ2v) is 10.7. The number of rotatable bonds is 11. The average molecular weight is 535 g/mol. The Hall–Kier alpha value is -3.43. The number of urea groups is 1. The van der Waals surface area contributed by atoms with E-state index in [1.54, 1.807) is 7.11 Å². The molecule has 1 aromatic heterocycles. The van der Waals surface area contributed by atoms with Crippen molar-refractivity contribution in [3.05, 3.63) is 59.9 Å². The minimum atomic E-state index is -0.470. The standard InChI is InChI=1S/C30H42N6O3/c1-21(2)24-11-4-5-12-25(24)34-30(38)32-19-23(31)18-28(37)35-15-8-10-22(20-35)29-33-26-13-6-7-14-27(26)36(29)16-9-17-39-3/h4-7,11-14,21-23H,8-10,15-20,31H2,1-3H3,(H2,32,34,38)/t22-,23+/m1/s1. The van der Waals surface area contributed by atoms with E-state index in [1.807, 2.05) is 47.4 Å². The van der Waals surface area contributed by atoms with E-state index in [4.69, 9.17) is 15.5 Å². The third kappa shape index (κ3) is 7.36. The number of aryl methyl sites for hydroxylation is 1. The average Bonchev–Trinajstić information content (AvgIpc) is 3.31. The molecule has 0 bridgehead atoms. The van der Waals surface area contributed by atoms with Gasteiger partial charge in [0.05, 0.1) is 11.0 Å². The minimum absolute atomic E-state index is 0.0154. The first-order valence-electron chi connectivity index (χ1n) is 14.0. The van der Waals surface area contributed by atoms with Gasteiger partial charge in [-0.15, -0.1) is 0 Å². The molecule has 0 radical (unpaired) electrons. The zero-order valence-corrected chi connectivity index (χ0v) is 23.4. The number of imidazole rings is 1. The first-order valence-corrected chi connectivity index (χ1v) is 14.0. The van der Waals surface area contributed by atoms with Crippen molar-refractivity contribution in [1.29, 1.82) is 0 Å². The summed E-state index contributed by atoms with van der Waals surface area (Å²) in [5.74, 6) is 1.51. The maximum Gasteiger partial charge on any atom is 0.319 e. The number of nitrogens with zero attached hydrogens (tertiary/aromatic N) is 3. The molecule has 1 fully saturated rings. The van der Waals surface area contributed by atoms with Crippen LogP contribution in [0.3, 0.4) is 0 Å². The Labute approximate surface area is 231 Å². The van der Waals surface area contributed by atoms with Crippen LogP contribution in [-0.2, 0) is 16.1 Å². The number of piperidine rings is 1. The summed E-state index contributed by atoms with van der Waals surface area (Å²) in [7, 11) is 1.72. The number of benzene rings is 2. The highest BCUT2D eigenvalue weighted by Crippen LogP contribution is 2.30. The number of aromatic nitrogens is 2. The van der Waals surface area contributed by atoms with Crippen LogP contribution in [0.15, 0.2) is 48.5 Å². The topological polar surface area (TPSA) is 115 Å². The number of hydrogen-bond donors (Lipinski definition) is 3. The molecule has 1 aliphatic rings.